The van der Waals surface area contributed by atoms with Crippen LogP contribution in [0.1, 0.15) is 18.4 Å². The van der Waals surface area contributed by atoms with E-state index in [1.54, 1.807) is 6.07 Å². The van der Waals surface area contributed by atoms with Gasteiger partial charge >= 0.3 is 0 Å². The molecule has 3 rings (SSSR count). The van der Waals surface area contributed by atoms with Crippen LogP contribution in [0.2, 0.25) is 5.02 Å². The zero-order valence-electron chi connectivity index (χ0n) is 14.3. The first kappa shape index (κ1) is 18.6. The number of ether oxygens (including phenoxy) is 1. The first-order valence-corrected chi connectivity index (χ1v) is 9.25. The van der Waals surface area contributed by atoms with Crippen molar-refractivity contribution < 1.29 is 13.9 Å². The van der Waals surface area contributed by atoms with Gasteiger partial charge in [0.25, 0.3) is 0 Å². The Hall–Kier alpha value is -1.21. The van der Waals surface area contributed by atoms with Gasteiger partial charge in [-0.05, 0) is 30.5 Å². The molecule has 1 N–H and O–H groups in total. The van der Waals surface area contributed by atoms with Crippen LogP contribution in [0, 0.1) is 5.82 Å². The van der Waals surface area contributed by atoms with E-state index in [2.05, 4.69) is 15.1 Å². The number of hydrogen-bond acceptors (Lipinski definition) is 4. The normalized spacial score (nSPS) is 22.2. The lowest BCUT2D eigenvalue weighted by atomic mass is 10.2. The molecule has 1 atom stereocenters. The molecule has 0 spiro atoms. The number of carbonyl (C=O) groups excluding carboxylic acids is 1. The molecule has 0 bridgehead atoms. The fourth-order valence-corrected chi connectivity index (χ4v) is 3.52. The molecule has 1 aromatic carbocycles. The summed E-state index contributed by atoms with van der Waals surface area (Å²) in [6.07, 6.45) is 2.30. The molecule has 1 unspecified atom stereocenters. The lowest BCUT2D eigenvalue weighted by Crippen LogP contribution is -2.49. The molecular formula is C18H25ClFN3O2. The maximum atomic E-state index is 13.1. The molecule has 1 amide bonds. The maximum absolute atomic E-state index is 13.1. The molecule has 2 saturated heterocycles. The molecule has 0 aromatic heterocycles. The first-order valence-electron chi connectivity index (χ1n) is 8.87. The highest BCUT2D eigenvalue weighted by atomic mass is 35.5. The zero-order valence-corrected chi connectivity index (χ0v) is 15.1. The van der Waals surface area contributed by atoms with Gasteiger partial charge in [0.1, 0.15) is 5.82 Å². The van der Waals surface area contributed by atoms with Gasteiger partial charge in [-0.15, -0.1) is 0 Å². The van der Waals surface area contributed by atoms with Gasteiger partial charge in [0.15, 0.2) is 0 Å². The van der Waals surface area contributed by atoms with Gasteiger partial charge in [-0.3, -0.25) is 14.6 Å². The maximum Gasteiger partial charge on any atom is 0.234 e. The zero-order chi connectivity index (χ0) is 17.6. The monoisotopic (exact) mass is 369 g/mol. The van der Waals surface area contributed by atoms with Crippen LogP contribution in [0.5, 0.6) is 0 Å². The van der Waals surface area contributed by atoms with E-state index in [0.717, 1.165) is 51.2 Å². The number of piperazine rings is 1. The van der Waals surface area contributed by atoms with E-state index in [-0.39, 0.29) is 17.8 Å². The van der Waals surface area contributed by atoms with E-state index >= 15 is 0 Å². The number of rotatable bonds is 6. The number of nitrogens with one attached hydrogen (secondary N) is 1. The van der Waals surface area contributed by atoms with Gasteiger partial charge in [0.05, 0.1) is 12.6 Å². The largest absolute Gasteiger partial charge is 0.376 e. The van der Waals surface area contributed by atoms with Gasteiger partial charge in [-0.25, -0.2) is 4.39 Å². The number of hydrogen-bond donors (Lipinski definition) is 1. The summed E-state index contributed by atoms with van der Waals surface area (Å²) in [5.41, 5.74) is 0.936. The Balaban J connectivity index is 1.37. The molecule has 0 aliphatic carbocycles. The van der Waals surface area contributed by atoms with Crippen molar-refractivity contribution in [2.75, 3.05) is 45.9 Å². The fraction of sp³-hybridized carbons (Fsp3) is 0.611. The van der Waals surface area contributed by atoms with E-state index in [0.29, 0.717) is 24.7 Å². The Morgan fingerprint density at radius 1 is 1.28 bits per heavy atom. The Kier molecular flexibility index (Phi) is 6.64. The topological polar surface area (TPSA) is 44.8 Å². The van der Waals surface area contributed by atoms with Crippen molar-refractivity contribution in [2.45, 2.75) is 25.5 Å². The molecule has 2 fully saturated rings. The summed E-state index contributed by atoms with van der Waals surface area (Å²) in [4.78, 5) is 16.5. The second-order valence-corrected chi connectivity index (χ2v) is 7.13. The second-order valence-electron chi connectivity index (χ2n) is 6.73. The average Bonchev–Trinajstić information content (AvgIpc) is 3.11. The van der Waals surface area contributed by atoms with Crippen molar-refractivity contribution in [1.82, 2.24) is 15.1 Å². The third-order valence-electron chi connectivity index (χ3n) is 4.79. The molecule has 7 heteroatoms. The van der Waals surface area contributed by atoms with Crippen molar-refractivity contribution in [3.63, 3.8) is 0 Å². The molecule has 138 valence electrons. The average molecular weight is 370 g/mol. The minimum atomic E-state index is -0.312. The number of nitrogens with zero attached hydrogens (tertiary/aromatic N) is 2. The van der Waals surface area contributed by atoms with Crippen LogP contribution < -0.4 is 5.32 Å². The highest BCUT2D eigenvalue weighted by Crippen LogP contribution is 2.19. The molecular weight excluding hydrogens is 345 g/mol. The summed E-state index contributed by atoms with van der Waals surface area (Å²) in [5.74, 6) is -0.252. The molecule has 25 heavy (non-hydrogen) atoms. The fourth-order valence-electron chi connectivity index (χ4n) is 3.29. The molecule has 2 aliphatic heterocycles. The van der Waals surface area contributed by atoms with Crippen molar-refractivity contribution in [3.05, 3.63) is 34.6 Å². The number of amides is 1. The second kappa shape index (κ2) is 8.94. The lowest BCUT2D eigenvalue weighted by molar-refractivity contribution is -0.123. The molecule has 2 heterocycles. The molecule has 2 aliphatic rings. The van der Waals surface area contributed by atoms with Gasteiger partial charge in [0.2, 0.25) is 5.91 Å². The summed E-state index contributed by atoms with van der Waals surface area (Å²) >= 11 is 6.09. The highest BCUT2D eigenvalue weighted by Gasteiger charge is 2.21. The van der Waals surface area contributed by atoms with E-state index in [1.165, 1.54) is 12.1 Å². The quantitative estimate of drug-likeness (QED) is 0.831. The Labute approximate surface area is 153 Å². The number of halogens is 2. The smallest absolute Gasteiger partial charge is 0.234 e. The summed E-state index contributed by atoms with van der Waals surface area (Å²) in [5, 5.41) is 3.43. The van der Waals surface area contributed by atoms with Crippen LogP contribution in [0.15, 0.2) is 18.2 Å². The van der Waals surface area contributed by atoms with Crippen molar-refractivity contribution >= 4 is 17.5 Å². The lowest BCUT2D eigenvalue weighted by Gasteiger charge is -2.34. The molecule has 1 aromatic rings. The van der Waals surface area contributed by atoms with Crippen LogP contribution in [0.25, 0.3) is 0 Å². The summed E-state index contributed by atoms with van der Waals surface area (Å²) in [6, 6.07) is 4.53. The summed E-state index contributed by atoms with van der Waals surface area (Å²) in [6.45, 7) is 5.97. The van der Waals surface area contributed by atoms with Gasteiger partial charge < -0.3 is 10.1 Å². The standard InChI is InChI=1S/C18H25ClFN3O2/c19-17-10-15(20)4-3-14(17)12-22-5-7-23(8-6-22)13-18(24)21-11-16-2-1-9-25-16/h3-4,10,16H,1-2,5-9,11-13H2,(H,21,24). The number of carbonyl (C=O) groups is 1. The predicted octanol–water partition coefficient (Wildman–Crippen LogP) is 1.89. The Bertz CT molecular complexity index is 588. The van der Waals surface area contributed by atoms with E-state index < -0.39 is 0 Å². The Morgan fingerprint density at radius 2 is 2.04 bits per heavy atom. The van der Waals surface area contributed by atoms with Gasteiger partial charge in [-0.2, -0.15) is 0 Å². The minimum absolute atomic E-state index is 0.0607. The Morgan fingerprint density at radius 3 is 2.72 bits per heavy atom. The van der Waals surface area contributed by atoms with E-state index in [1.807, 2.05) is 0 Å². The SMILES string of the molecule is O=C(CN1CCN(Cc2ccc(F)cc2Cl)CC1)NCC1CCCO1. The highest BCUT2D eigenvalue weighted by molar-refractivity contribution is 6.31. The van der Waals surface area contributed by atoms with Crippen LogP contribution in [-0.4, -0.2) is 67.7 Å². The van der Waals surface area contributed by atoms with Crippen LogP contribution >= 0.6 is 11.6 Å². The predicted molar refractivity (Wildman–Crippen MR) is 95.1 cm³/mol. The van der Waals surface area contributed by atoms with Crippen molar-refractivity contribution in [1.29, 1.82) is 0 Å². The third kappa shape index (κ3) is 5.64. The van der Waals surface area contributed by atoms with E-state index in [9.17, 15) is 9.18 Å². The third-order valence-corrected chi connectivity index (χ3v) is 5.14. The van der Waals surface area contributed by atoms with Crippen LogP contribution in [0.3, 0.4) is 0 Å². The van der Waals surface area contributed by atoms with Gasteiger partial charge in [-0.1, -0.05) is 17.7 Å². The molecule has 5 nitrogen and oxygen atoms in total. The summed E-state index contributed by atoms with van der Waals surface area (Å²) < 4.78 is 18.6. The van der Waals surface area contributed by atoms with Crippen molar-refractivity contribution in [2.24, 2.45) is 0 Å². The minimum Gasteiger partial charge on any atom is -0.376 e. The van der Waals surface area contributed by atoms with Crippen molar-refractivity contribution in [3.8, 4) is 0 Å². The summed E-state index contributed by atoms with van der Waals surface area (Å²) in [7, 11) is 0. The molecule has 0 radical (unpaired) electrons. The van der Waals surface area contributed by atoms with E-state index in [4.69, 9.17) is 16.3 Å². The van der Waals surface area contributed by atoms with Crippen LogP contribution in [-0.2, 0) is 16.1 Å². The first-order chi connectivity index (χ1) is 12.1. The van der Waals surface area contributed by atoms with Gasteiger partial charge in [0, 0.05) is 50.9 Å². The van der Waals surface area contributed by atoms with Crippen LogP contribution in [0.4, 0.5) is 4.39 Å². The number of benzene rings is 1. The molecule has 0 saturated carbocycles.